The Hall–Kier alpha value is -3.77. The first-order chi connectivity index (χ1) is 17.5. The summed E-state index contributed by atoms with van der Waals surface area (Å²) in [6.07, 6.45) is -0.242. The van der Waals surface area contributed by atoms with E-state index in [-0.39, 0.29) is 30.6 Å². The van der Waals surface area contributed by atoms with E-state index < -0.39 is 23.7 Å². The largest absolute Gasteiger partial charge is 0.481 e. The van der Waals surface area contributed by atoms with E-state index in [2.05, 4.69) is 0 Å². The first-order valence-electron chi connectivity index (χ1n) is 12.1. The van der Waals surface area contributed by atoms with Crippen LogP contribution in [0.1, 0.15) is 70.3 Å². The van der Waals surface area contributed by atoms with Crippen LogP contribution in [-0.4, -0.2) is 40.1 Å². The van der Waals surface area contributed by atoms with E-state index in [0.717, 1.165) is 21.6 Å². The number of fused-ring (bicyclic) bond motifs is 1. The lowest BCUT2D eigenvalue weighted by Crippen LogP contribution is -2.33. The first-order valence-corrected chi connectivity index (χ1v) is 12.5. The van der Waals surface area contributed by atoms with Crippen LogP contribution in [-0.2, 0) is 10.2 Å². The van der Waals surface area contributed by atoms with E-state index in [9.17, 15) is 24.3 Å². The molecule has 1 aliphatic heterocycles. The smallest absolute Gasteiger partial charge is 0.307 e. The van der Waals surface area contributed by atoms with Crippen LogP contribution >= 0.6 is 11.6 Å². The Labute approximate surface area is 220 Å². The van der Waals surface area contributed by atoms with Gasteiger partial charge in [-0.2, -0.15) is 0 Å². The Morgan fingerprint density at radius 1 is 0.865 bits per heavy atom. The number of carboxylic acids is 1. The normalized spacial score (nSPS) is 14.0. The van der Waals surface area contributed by atoms with Gasteiger partial charge in [-0.25, -0.2) is 0 Å². The molecule has 7 heteroatoms. The molecule has 1 atom stereocenters. The van der Waals surface area contributed by atoms with Crippen LogP contribution in [0.3, 0.4) is 0 Å². The number of nitrogens with zero attached hydrogens (tertiary/aromatic N) is 1. The Bertz CT molecular complexity index is 1370. The third-order valence-electron chi connectivity index (χ3n) is 6.70. The van der Waals surface area contributed by atoms with Gasteiger partial charge < -0.3 is 5.11 Å². The number of hydrogen-bond acceptors (Lipinski definition) is 4. The molecule has 4 rings (SSSR count). The van der Waals surface area contributed by atoms with Crippen molar-refractivity contribution >= 4 is 35.2 Å². The number of halogens is 1. The predicted molar refractivity (Wildman–Crippen MR) is 142 cm³/mol. The number of benzene rings is 3. The summed E-state index contributed by atoms with van der Waals surface area (Å²) in [5.41, 5.74) is 3.66. The highest BCUT2D eigenvalue weighted by Crippen LogP contribution is 2.30. The van der Waals surface area contributed by atoms with Gasteiger partial charge in [0.15, 0.2) is 5.78 Å². The maximum Gasteiger partial charge on any atom is 0.307 e. The number of aliphatic carboxylic acids is 1. The average molecular weight is 518 g/mol. The van der Waals surface area contributed by atoms with E-state index >= 15 is 0 Å². The summed E-state index contributed by atoms with van der Waals surface area (Å²) in [6.45, 7) is 5.99. The van der Waals surface area contributed by atoms with Gasteiger partial charge in [0.05, 0.1) is 17.0 Å². The molecule has 0 fully saturated rings. The molecule has 3 aromatic rings. The number of carboxylic acid groups (broad SMARTS) is 1. The van der Waals surface area contributed by atoms with Gasteiger partial charge in [0.2, 0.25) is 0 Å². The monoisotopic (exact) mass is 517 g/mol. The minimum atomic E-state index is -1.14. The molecule has 1 aliphatic rings. The molecule has 1 unspecified atom stereocenters. The van der Waals surface area contributed by atoms with E-state index in [1.54, 1.807) is 48.5 Å². The predicted octanol–water partition coefficient (Wildman–Crippen LogP) is 6.26. The van der Waals surface area contributed by atoms with Gasteiger partial charge in [-0.05, 0) is 52.8 Å². The summed E-state index contributed by atoms with van der Waals surface area (Å²) in [5.74, 6) is -3.35. The number of carbonyl (C=O) groups is 4. The fraction of sp³-hybridized carbons (Fsp3) is 0.267. The molecule has 2 amide bonds. The molecule has 0 aliphatic carbocycles. The molecule has 6 nitrogen and oxygen atoms in total. The second-order valence-corrected chi connectivity index (χ2v) is 10.7. The molecule has 0 bridgehead atoms. The summed E-state index contributed by atoms with van der Waals surface area (Å²) in [7, 11) is 0. The van der Waals surface area contributed by atoms with Crippen molar-refractivity contribution in [1.29, 1.82) is 0 Å². The highest BCUT2D eigenvalue weighted by Gasteiger charge is 2.37. The van der Waals surface area contributed by atoms with E-state index in [1.807, 2.05) is 39.0 Å². The second-order valence-electron chi connectivity index (χ2n) is 10.3. The number of Topliss-reactive ketones (excluding diaryl/α,β-unsaturated/α-hetero) is 1. The zero-order chi connectivity index (χ0) is 26.9. The van der Waals surface area contributed by atoms with Crippen LogP contribution in [0.15, 0.2) is 66.7 Å². The van der Waals surface area contributed by atoms with Crippen LogP contribution in [0.2, 0.25) is 5.02 Å². The number of carbonyl (C=O) groups excluding carboxylic acids is 3. The Kier molecular flexibility index (Phi) is 7.32. The summed E-state index contributed by atoms with van der Waals surface area (Å²) in [4.78, 5) is 51.7. The minimum Gasteiger partial charge on any atom is -0.481 e. The third-order valence-corrected chi connectivity index (χ3v) is 6.96. The van der Waals surface area contributed by atoms with E-state index in [1.165, 1.54) is 0 Å². The fourth-order valence-electron chi connectivity index (χ4n) is 4.39. The first kappa shape index (κ1) is 26.3. The number of rotatable bonds is 8. The zero-order valence-electron chi connectivity index (χ0n) is 21.0. The number of imide groups is 1. The molecule has 0 saturated carbocycles. The average Bonchev–Trinajstić information content (AvgIpc) is 3.10. The highest BCUT2D eigenvalue weighted by molar-refractivity contribution is 6.30. The summed E-state index contributed by atoms with van der Waals surface area (Å²) >= 11 is 5.94. The van der Waals surface area contributed by atoms with Crippen LogP contribution < -0.4 is 0 Å². The topological polar surface area (TPSA) is 91.8 Å². The third kappa shape index (κ3) is 5.65. The highest BCUT2D eigenvalue weighted by atomic mass is 35.5. The van der Waals surface area contributed by atoms with Gasteiger partial charge in [-0.3, -0.25) is 24.1 Å². The van der Waals surface area contributed by atoms with Crippen molar-refractivity contribution in [3.63, 3.8) is 0 Å². The number of amides is 2. The molecule has 37 heavy (non-hydrogen) atoms. The summed E-state index contributed by atoms with van der Waals surface area (Å²) in [6, 6.07) is 19.5. The van der Waals surface area contributed by atoms with Crippen LogP contribution in [0.25, 0.3) is 11.1 Å². The Morgan fingerprint density at radius 3 is 2.00 bits per heavy atom. The molecule has 0 spiro atoms. The van der Waals surface area contributed by atoms with Gasteiger partial charge in [-0.15, -0.1) is 0 Å². The summed E-state index contributed by atoms with van der Waals surface area (Å²) in [5, 5.41) is 10.4. The SMILES string of the molecule is CC(C)(C)c1ccc2c(c1)C(=O)N(CCC(CC(=O)c1ccc(-c3ccc(Cl)cc3)cc1)C(=O)O)C2=O. The van der Waals surface area contributed by atoms with Gasteiger partial charge in [0, 0.05) is 23.6 Å². The lowest BCUT2D eigenvalue weighted by molar-refractivity contribution is -0.142. The maximum absolute atomic E-state index is 13.0. The van der Waals surface area contributed by atoms with E-state index in [0.29, 0.717) is 21.7 Å². The van der Waals surface area contributed by atoms with Crippen molar-refractivity contribution in [3.8, 4) is 11.1 Å². The van der Waals surface area contributed by atoms with E-state index in [4.69, 9.17) is 11.6 Å². The maximum atomic E-state index is 13.0. The quantitative estimate of drug-likeness (QED) is 0.281. The van der Waals surface area contributed by atoms with Gasteiger partial charge in [0.1, 0.15) is 0 Å². The lowest BCUT2D eigenvalue weighted by atomic mass is 9.85. The van der Waals surface area contributed by atoms with Gasteiger partial charge >= 0.3 is 5.97 Å². The van der Waals surface area contributed by atoms with Gasteiger partial charge in [0.25, 0.3) is 11.8 Å². The zero-order valence-corrected chi connectivity index (χ0v) is 21.7. The molecule has 0 saturated heterocycles. The van der Waals surface area contributed by atoms with Crippen LogP contribution in [0.5, 0.6) is 0 Å². The number of ketones is 1. The fourth-order valence-corrected chi connectivity index (χ4v) is 4.52. The van der Waals surface area contributed by atoms with Crippen molar-refractivity contribution in [1.82, 2.24) is 4.90 Å². The second kappa shape index (κ2) is 10.3. The minimum absolute atomic E-state index is 0.0124. The molecule has 0 radical (unpaired) electrons. The van der Waals surface area contributed by atoms with Gasteiger partial charge in [-0.1, -0.05) is 74.8 Å². The van der Waals surface area contributed by atoms with Crippen molar-refractivity contribution in [3.05, 3.63) is 94.0 Å². The van der Waals surface area contributed by atoms with Crippen LogP contribution in [0.4, 0.5) is 0 Å². The van der Waals surface area contributed by atoms with Crippen LogP contribution in [0, 0.1) is 5.92 Å². The molecule has 190 valence electrons. The lowest BCUT2D eigenvalue weighted by Gasteiger charge is -2.19. The molecule has 0 aromatic heterocycles. The molecular weight excluding hydrogens is 490 g/mol. The Balaban J connectivity index is 1.42. The van der Waals surface area contributed by atoms with Crippen molar-refractivity contribution in [2.45, 2.75) is 39.0 Å². The van der Waals surface area contributed by atoms with Crippen molar-refractivity contribution < 1.29 is 24.3 Å². The standard InChI is InChI=1S/C30H28ClNO5/c1-30(2,3)22-10-13-24-25(17-22)28(35)32(27(24)34)15-14-21(29(36)37)16-26(33)20-6-4-18(5-7-20)19-8-11-23(31)12-9-19/h4-13,17,21H,14-16H2,1-3H3,(H,36,37). The van der Waals surface area contributed by atoms with Crippen molar-refractivity contribution in [2.75, 3.05) is 6.54 Å². The summed E-state index contributed by atoms with van der Waals surface area (Å²) < 4.78 is 0. The molecular formula is C30H28ClNO5. The number of hydrogen-bond donors (Lipinski definition) is 1. The van der Waals surface area contributed by atoms with Crippen molar-refractivity contribution in [2.24, 2.45) is 5.92 Å². The molecule has 3 aromatic carbocycles. The molecule has 1 N–H and O–H groups in total. The molecule has 1 heterocycles. The Morgan fingerprint density at radius 2 is 1.43 bits per heavy atom.